The van der Waals surface area contributed by atoms with Crippen molar-refractivity contribution in [1.29, 1.82) is 0 Å². The number of ether oxygens (including phenoxy) is 1. The van der Waals surface area contributed by atoms with Crippen molar-refractivity contribution < 1.29 is 25.8 Å². The van der Waals surface area contributed by atoms with E-state index < -0.39 is 0 Å². The number of aromatic nitrogens is 4. The van der Waals surface area contributed by atoms with Crippen LogP contribution in [-0.2, 0) is 33.5 Å². The van der Waals surface area contributed by atoms with Crippen LogP contribution in [0.15, 0.2) is 176 Å². The second kappa shape index (κ2) is 15.3. The second-order valence-electron chi connectivity index (χ2n) is 15.8. The van der Waals surface area contributed by atoms with Crippen LogP contribution in [0.2, 0.25) is 0 Å². The molecule has 0 aliphatic heterocycles. The van der Waals surface area contributed by atoms with Crippen LogP contribution in [0.3, 0.4) is 0 Å². The molecule has 0 radical (unpaired) electrons. The van der Waals surface area contributed by atoms with Crippen LogP contribution in [0.25, 0.3) is 76.7 Å². The van der Waals surface area contributed by atoms with Crippen molar-refractivity contribution in [2.75, 3.05) is 0 Å². The quantitative estimate of drug-likeness (QED) is 0.165. The van der Waals surface area contributed by atoms with Gasteiger partial charge in [0.15, 0.2) is 0 Å². The van der Waals surface area contributed by atoms with E-state index in [4.69, 9.17) is 9.72 Å². The average Bonchev–Trinajstić information content (AvgIpc) is 3.58. The zero-order chi connectivity index (χ0) is 39.4. The number of aryl methyl sites for hydroxylation is 1. The normalized spacial score (nSPS) is 11.6. The fourth-order valence-corrected chi connectivity index (χ4v) is 8.25. The summed E-state index contributed by atoms with van der Waals surface area (Å²) in [4.78, 5) is 4.85. The Balaban J connectivity index is 0.00000449. The molecule has 59 heavy (non-hydrogen) atoms. The number of fused-ring (bicyclic) bond motifs is 10. The number of hydrogen-bond acceptors (Lipinski definition) is 2. The van der Waals surface area contributed by atoms with E-state index in [1.54, 1.807) is 0 Å². The molecule has 0 fully saturated rings. The van der Waals surface area contributed by atoms with Gasteiger partial charge in [-0.25, -0.2) is 4.98 Å². The summed E-state index contributed by atoms with van der Waals surface area (Å²) in [5, 5.41) is 9.19. The first kappa shape index (κ1) is 38.0. The van der Waals surface area contributed by atoms with Crippen LogP contribution in [0.4, 0.5) is 0 Å². The largest absolute Gasteiger partial charge is 0.510 e. The van der Waals surface area contributed by atoms with Gasteiger partial charge in [0.25, 0.3) is 0 Å². The summed E-state index contributed by atoms with van der Waals surface area (Å²) in [7, 11) is 2.11. The van der Waals surface area contributed by atoms with Gasteiger partial charge in [-0.15, -0.1) is 29.3 Å². The van der Waals surface area contributed by atoms with Crippen LogP contribution in [0, 0.1) is 12.1 Å². The Bertz CT molecular complexity index is 3340. The Morgan fingerprint density at radius 2 is 1.05 bits per heavy atom. The Morgan fingerprint density at radius 1 is 0.525 bits per heavy atom. The smallest absolute Gasteiger partial charge is 0.135 e. The monoisotopic (exact) mass is 944 g/mol. The maximum absolute atomic E-state index is 6.67. The standard InChI is InChI=1S/C53H41N4O.Pt/c1-53(2,3)36-30-31-54-52(32-36)57-50-27-14-11-24-46(50)47-29-28-39(34-51(47)57)58-38-17-15-16-37(33-38)56-35-55(4)48-25-12-9-22-44(48)42-20-7-5-18-40(42)41-19-6-8-21-43(41)45-23-10-13-26-49(45)56;/h5-32,35H,1-4H3;/q-3;. The molecule has 5 nitrogen and oxygen atoms in total. The molecule has 10 aromatic rings. The summed E-state index contributed by atoms with van der Waals surface area (Å²) >= 11 is 0. The molecule has 0 atom stereocenters. The molecule has 10 rings (SSSR count). The molecule has 3 heterocycles. The van der Waals surface area contributed by atoms with Crippen molar-refractivity contribution in [3.05, 3.63) is 194 Å². The van der Waals surface area contributed by atoms with Crippen molar-refractivity contribution >= 4 is 65.2 Å². The summed E-state index contributed by atoms with van der Waals surface area (Å²) in [6.45, 7) is 6.68. The minimum atomic E-state index is -0.0239. The predicted molar refractivity (Wildman–Crippen MR) is 241 cm³/mol. The molecule has 292 valence electrons. The van der Waals surface area contributed by atoms with Crippen LogP contribution in [0.1, 0.15) is 26.3 Å². The molecule has 0 unspecified atom stereocenters. The van der Waals surface area contributed by atoms with E-state index in [-0.39, 0.29) is 26.5 Å². The van der Waals surface area contributed by atoms with E-state index >= 15 is 0 Å². The minimum Gasteiger partial charge on any atom is -0.510 e. The fraction of sp³-hybridized carbons (Fsp3) is 0.0943. The number of benzene rings is 7. The molecule has 6 heteroatoms. The van der Waals surface area contributed by atoms with Gasteiger partial charge in [-0.3, -0.25) is 0 Å². The fourth-order valence-electron chi connectivity index (χ4n) is 8.25. The first-order valence-corrected chi connectivity index (χ1v) is 19.7. The average molecular weight is 945 g/mol. The second-order valence-corrected chi connectivity index (χ2v) is 15.8. The summed E-state index contributed by atoms with van der Waals surface area (Å²) in [6, 6.07) is 64.8. The van der Waals surface area contributed by atoms with E-state index in [1.807, 2.05) is 24.4 Å². The van der Waals surface area contributed by atoms with Crippen LogP contribution >= 0.6 is 0 Å². The molecule has 0 aliphatic rings. The van der Waals surface area contributed by atoms with E-state index in [0.29, 0.717) is 11.5 Å². The molecule has 0 amide bonds. The number of para-hydroxylation sites is 3. The van der Waals surface area contributed by atoms with Gasteiger partial charge in [0, 0.05) is 44.3 Å². The number of rotatable bonds is 4. The molecule has 0 saturated heterocycles. The molecule has 0 spiro atoms. The van der Waals surface area contributed by atoms with Crippen LogP contribution < -0.4 is 4.74 Å². The van der Waals surface area contributed by atoms with E-state index in [1.165, 1.54) is 21.7 Å². The Hall–Kier alpha value is -6.55. The molecule has 0 bridgehead atoms. The molecule has 0 N–H and O–H groups in total. The van der Waals surface area contributed by atoms with Gasteiger partial charge in [0.1, 0.15) is 5.82 Å². The van der Waals surface area contributed by atoms with Crippen molar-refractivity contribution in [3.8, 4) is 23.0 Å². The SMILES string of the molecule is Cn1[cH-]n(-c2[c-]c(Oc3[c-]c4c(cc3)c3ccccc3n4-c3cc(C(C)(C)C)ccn3)ccc2)c2ccccc2c2ccccc2c2ccccc2c2ccccc21.[Pt]. The first-order valence-electron chi connectivity index (χ1n) is 19.7. The van der Waals surface area contributed by atoms with Gasteiger partial charge >= 0.3 is 0 Å². The number of hydrogen-bond donors (Lipinski definition) is 0. The molecular weight excluding hydrogens is 904 g/mol. The van der Waals surface area contributed by atoms with Crippen molar-refractivity contribution in [2.45, 2.75) is 26.2 Å². The molecule has 0 aliphatic carbocycles. The van der Waals surface area contributed by atoms with Crippen LogP contribution in [-0.4, -0.2) is 18.7 Å². The Morgan fingerprint density at radius 3 is 1.69 bits per heavy atom. The van der Waals surface area contributed by atoms with Crippen molar-refractivity contribution in [1.82, 2.24) is 18.7 Å². The third-order valence-corrected chi connectivity index (χ3v) is 11.1. The van der Waals surface area contributed by atoms with E-state index in [0.717, 1.165) is 60.5 Å². The van der Waals surface area contributed by atoms with Crippen molar-refractivity contribution in [3.63, 3.8) is 0 Å². The summed E-state index contributed by atoms with van der Waals surface area (Å²) in [5.41, 5.74) is 6.12. The maximum Gasteiger partial charge on any atom is 0.135 e. The summed E-state index contributed by atoms with van der Waals surface area (Å²) in [5.74, 6) is 2.03. The third-order valence-electron chi connectivity index (χ3n) is 11.1. The van der Waals surface area contributed by atoms with Crippen molar-refractivity contribution in [2.24, 2.45) is 7.05 Å². The zero-order valence-electron chi connectivity index (χ0n) is 33.3. The van der Waals surface area contributed by atoms with Gasteiger partial charge in [0.2, 0.25) is 0 Å². The molecular formula is C53H41N4OPt-3. The van der Waals surface area contributed by atoms with Gasteiger partial charge in [0.05, 0.1) is 0 Å². The van der Waals surface area contributed by atoms with Gasteiger partial charge in [-0.05, 0) is 91.3 Å². The van der Waals surface area contributed by atoms with Gasteiger partial charge in [-0.2, -0.15) is 24.3 Å². The van der Waals surface area contributed by atoms with Crippen LogP contribution in [0.5, 0.6) is 11.5 Å². The first-order chi connectivity index (χ1) is 28.3. The van der Waals surface area contributed by atoms with E-state index in [2.05, 4.69) is 206 Å². The van der Waals surface area contributed by atoms with Gasteiger partial charge in [-0.1, -0.05) is 142 Å². The Kier molecular flexibility index (Phi) is 9.87. The summed E-state index contributed by atoms with van der Waals surface area (Å²) < 4.78 is 13.3. The molecule has 0 saturated carbocycles. The minimum absolute atomic E-state index is 0. The predicted octanol–water partition coefficient (Wildman–Crippen LogP) is 13.6. The number of nitrogens with zero attached hydrogens (tertiary/aromatic N) is 4. The maximum atomic E-state index is 6.67. The van der Waals surface area contributed by atoms with Gasteiger partial charge < -0.3 is 18.4 Å². The topological polar surface area (TPSA) is 36.9 Å². The Labute approximate surface area is 358 Å². The molecule has 7 aromatic carbocycles. The molecule has 3 aromatic heterocycles. The number of pyridine rings is 1. The zero-order valence-corrected chi connectivity index (χ0v) is 35.5. The summed E-state index contributed by atoms with van der Waals surface area (Å²) in [6.07, 6.45) is 4.05. The third kappa shape index (κ3) is 6.86. The van der Waals surface area contributed by atoms with E-state index in [9.17, 15) is 0 Å².